The molecule has 6 nitrogen and oxygen atoms in total. The Labute approximate surface area is 147 Å². The van der Waals surface area contributed by atoms with Crippen LogP contribution in [0.15, 0.2) is 36.5 Å². The summed E-state index contributed by atoms with van der Waals surface area (Å²) in [5.74, 6) is 0.826. The number of hydrogen-bond acceptors (Lipinski definition) is 4. The fourth-order valence-electron chi connectivity index (χ4n) is 4.34. The largest absolute Gasteiger partial charge is 0.383 e. The lowest BCUT2D eigenvalue weighted by atomic mass is 9.94. The number of nitrogens with one attached hydrogen (secondary N) is 1. The molecule has 0 radical (unpaired) electrons. The van der Waals surface area contributed by atoms with Crippen molar-refractivity contribution in [2.24, 2.45) is 13.0 Å². The number of likely N-dealkylation sites (tertiary alicyclic amines) is 1. The monoisotopic (exact) mass is 340 g/mol. The quantitative estimate of drug-likeness (QED) is 0.898. The van der Waals surface area contributed by atoms with Gasteiger partial charge < -0.3 is 15.0 Å². The molecule has 1 aromatic heterocycles. The third-order valence-electron chi connectivity index (χ3n) is 5.55. The van der Waals surface area contributed by atoms with Gasteiger partial charge in [0.25, 0.3) is 5.91 Å². The average molecular weight is 340 g/mol. The summed E-state index contributed by atoms with van der Waals surface area (Å²) in [4.78, 5) is 15.2. The number of amides is 1. The van der Waals surface area contributed by atoms with Crippen LogP contribution in [0, 0.1) is 5.92 Å². The number of rotatable bonds is 5. The summed E-state index contributed by atoms with van der Waals surface area (Å²) in [6, 6.07) is 10.3. The van der Waals surface area contributed by atoms with Gasteiger partial charge in [0.05, 0.1) is 12.6 Å². The third-order valence-corrected chi connectivity index (χ3v) is 5.55. The van der Waals surface area contributed by atoms with Crippen molar-refractivity contribution >= 4 is 5.91 Å². The zero-order valence-electron chi connectivity index (χ0n) is 14.7. The number of carbonyl (C=O) groups excluding carboxylic acids is 1. The van der Waals surface area contributed by atoms with E-state index in [0.29, 0.717) is 17.5 Å². The Morgan fingerprint density at radius 1 is 1.28 bits per heavy atom. The van der Waals surface area contributed by atoms with Gasteiger partial charge >= 0.3 is 0 Å². The minimum Gasteiger partial charge on any atom is -0.383 e. The van der Waals surface area contributed by atoms with Crippen molar-refractivity contribution in [1.82, 2.24) is 20.0 Å². The number of ether oxygens (including phenoxy) is 1. The van der Waals surface area contributed by atoms with Gasteiger partial charge in [-0.15, -0.1) is 0 Å². The van der Waals surface area contributed by atoms with Crippen LogP contribution in [-0.4, -0.2) is 53.9 Å². The van der Waals surface area contributed by atoms with Gasteiger partial charge in [-0.1, -0.05) is 24.3 Å². The summed E-state index contributed by atoms with van der Waals surface area (Å²) in [6.07, 6.45) is 1.66. The summed E-state index contributed by atoms with van der Waals surface area (Å²) in [5.41, 5.74) is 3.23. The maximum atomic E-state index is 12.7. The summed E-state index contributed by atoms with van der Waals surface area (Å²) in [5, 5.41) is 7.37. The van der Waals surface area contributed by atoms with Crippen molar-refractivity contribution < 1.29 is 9.53 Å². The Hall–Kier alpha value is -2.18. The molecule has 6 heteroatoms. The van der Waals surface area contributed by atoms with E-state index in [4.69, 9.17) is 4.74 Å². The molecule has 132 valence electrons. The van der Waals surface area contributed by atoms with Crippen molar-refractivity contribution in [2.45, 2.75) is 12.0 Å². The maximum absolute atomic E-state index is 12.7. The molecule has 2 aliphatic rings. The second-order valence-corrected chi connectivity index (χ2v) is 6.94. The lowest BCUT2D eigenvalue weighted by Gasteiger charge is -2.22. The second-order valence-electron chi connectivity index (χ2n) is 6.94. The lowest BCUT2D eigenvalue weighted by molar-refractivity contribution is 0.0913. The zero-order chi connectivity index (χ0) is 17.4. The third kappa shape index (κ3) is 2.85. The molecule has 4 rings (SSSR count). The van der Waals surface area contributed by atoms with E-state index in [1.54, 1.807) is 31.1 Å². The van der Waals surface area contributed by atoms with Gasteiger partial charge in [0.2, 0.25) is 0 Å². The molecule has 3 atom stereocenters. The van der Waals surface area contributed by atoms with Crippen LogP contribution in [0.25, 0.3) is 0 Å². The molecule has 1 fully saturated rings. The van der Waals surface area contributed by atoms with E-state index in [-0.39, 0.29) is 11.9 Å². The predicted octanol–water partition coefficient (Wildman–Crippen LogP) is 1.57. The molecular formula is C19H24N4O2. The first-order chi connectivity index (χ1) is 12.2. The lowest BCUT2D eigenvalue weighted by Crippen LogP contribution is -2.35. The summed E-state index contributed by atoms with van der Waals surface area (Å²) in [7, 11) is 3.53. The number of carbonyl (C=O) groups is 1. The van der Waals surface area contributed by atoms with Crippen LogP contribution in [-0.2, 0) is 11.8 Å². The maximum Gasteiger partial charge on any atom is 0.270 e. The molecular weight excluding hydrogens is 316 g/mol. The highest BCUT2D eigenvalue weighted by Gasteiger charge is 2.46. The van der Waals surface area contributed by atoms with E-state index in [1.807, 2.05) is 0 Å². The Balaban J connectivity index is 1.58. The Morgan fingerprint density at radius 3 is 2.80 bits per heavy atom. The van der Waals surface area contributed by atoms with Crippen molar-refractivity contribution in [3.63, 3.8) is 0 Å². The molecule has 1 aliphatic carbocycles. The fraction of sp³-hybridized carbons (Fsp3) is 0.474. The van der Waals surface area contributed by atoms with Crippen LogP contribution >= 0.6 is 0 Å². The number of nitrogens with zero attached hydrogens (tertiary/aromatic N) is 3. The highest BCUT2D eigenvalue weighted by molar-refractivity contribution is 5.92. The van der Waals surface area contributed by atoms with Crippen LogP contribution < -0.4 is 5.32 Å². The zero-order valence-corrected chi connectivity index (χ0v) is 14.7. The Kier molecular flexibility index (Phi) is 4.31. The molecule has 25 heavy (non-hydrogen) atoms. The van der Waals surface area contributed by atoms with Crippen LogP contribution in [0.3, 0.4) is 0 Å². The molecule has 1 N–H and O–H groups in total. The Morgan fingerprint density at radius 2 is 2.08 bits per heavy atom. The van der Waals surface area contributed by atoms with Gasteiger partial charge in [0, 0.05) is 51.8 Å². The first-order valence-electron chi connectivity index (χ1n) is 8.78. The minimum absolute atomic E-state index is 0.0520. The second kappa shape index (κ2) is 6.61. The van der Waals surface area contributed by atoms with E-state index in [1.165, 1.54) is 11.1 Å². The summed E-state index contributed by atoms with van der Waals surface area (Å²) >= 11 is 0. The van der Waals surface area contributed by atoms with Crippen LogP contribution in [0.5, 0.6) is 0 Å². The Bertz CT molecular complexity index is 772. The summed E-state index contributed by atoms with van der Waals surface area (Å²) < 4.78 is 6.85. The first kappa shape index (κ1) is 16.3. The number of hydrogen-bond donors (Lipinski definition) is 1. The normalized spacial score (nSPS) is 25.0. The minimum atomic E-state index is -0.0594. The molecule has 0 bridgehead atoms. The number of benzene rings is 1. The van der Waals surface area contributed by atoms with Crippen molar-refractivity contribution in [3.8, 4) is 0 Å². The number of methoxy groups -OCH3 is 1. The number of aromatic nitrogens is 2. The molecule has 1 aliphatic heterocycles. The smallest absolute Gasteiger partial charge is 0.270 e. The number of aryl methyl sites for hydroxylation is 1. The molecule has 2 heterocycles. The molecule has 0 spiro atoms. The first-order valence-corrected chi connectivity index (χ1v) is 8.78. The van der Waals surface area contributed by atoms with Crippen LogP contribution in [0.1, 0.15) is 33.6 Å². The predicted molar refractivity (Wildman–Crippen MR) is 94.4 cm³/mol. The molecule has 1 amide bonds. The molecule has 1 aromatic carbocycles. The van der Waals surface area contributed by atoms with E-state index in [2.05, 4.69) is 39.6 Å². The van der Waals surface area contributed by atoms with E-state index >= 15 is 0 Å². The van der Waals surface area contributed by atoms with Gasteiger partial charge in [-0.25, -0.2) is 0 Å². The topological polar surface area (TPSA) is 59.4 Å². The van der Waals surface area contributed by atoms with E-state index in [0.717, 1.165) is 26.2 Å². The summed E-state index contributed by atoms with van der Waals surface area (Å²) in [6.45, 7) is 3.70. The fourth-order valence-corrected chi connectivity index (χ4v) is 4.34. The molecule has 0 saturated carbocycles. The highest BCUT2D eigenvalue weighted by atomic mass is 16.5. The van der Waals surface area contributed by atoms with Crippen molar-refractivity contribution in [3.05, 3.63) is 53.3 Å². The highest BCUT2D eigenvalue weighted by Crippen LogP contribution is 2.49. The van der Waals surface area contributed by atoms with Gasteiger partial charge in [-0.3, -0.25) is 9.48 Å². The van der Waals surface area contributed by atoms with Crippen LogP contribution in [0.2, 0.25) is 0 Å². The van der Waals surface area contributed by atoms with Gasteiger partial charge in [-0.2, -0.15) is 5.10 Å². The van der Waals surface area contributed by atoms with Crippen molar-refractivity contribution in [2.75, 3.05) is 33.4 Å². The average Bonchev–Trinajstić information content (AvgIpc) is 3.29. The molecule has 0 unspecified atom stereocenters. The van der Waals surface area contributed by atoms with Gasteiger partial charge in [-0.05, 0) is 17.2 Å². The number of fused-ring (bicyclic) bond motifs is 3. The van der Waals surface area contributed by atoms with Gasteiger partial charge in [0.1, 0.15) is 5.69 Å². The standard InChI is InChI=1S/C19H24N4O2/c1-22-17(7-8-20-22)19(24)21-18-14-6-4-3-5-13(14)15-11-23(9-10-25-2)12-16(15)18/h3-8,15-16,18H,9-12H2,1-2H3,(H,21,24)/t15-,16-,18+/m0/s1. The van der Waals surface area contributed by atoms with Gasteiger partial charge in [0.15, 0.2) is 0 Å². The molecule has 2 aromatic rings. The van der Waals surface area contributed by atoms with Crippen molar-refractivity contribution in [1.29, 1.82) is 0 Å². The van der Waals surface area contributed by atoms with E-state index < -0.39 is 0 Å². The van der Waals surface area contributed by atoms with Crippen LogP contribution in [0.4, 0.5) is 0 Å². The van der Waals surface area contributed by atoms with E-state index in [9.17, 15) is 4.79 Å². The SMILES string of the molecule is COCCN1C[C@@H]2[C@H](NC(=O)c3ccnn3C)c3ccccc3[C@@H]2C1. The molecule has 1 saturated heterocycles.